The SMILES string of the molecule is [Br][Ir-2]([Br])([Br])([Br])([Br])[Br]. The van der Waals surface area contributed by atoms with Gasteiger partial charge in [-0.2, -0.15) is 0 Å². The van der Waals surface area contributed by atoms with Crippen LogP contribution in [0.1, 0.15) is 0 Å². The molecular formula is Br6Ir-2. The van der Waals surface area contributed by atoms with Crippen LogP contribution in [0.15, 0.2) is 0 Å². The van der Waals surface area contributed by atoms with Gasteiger partial charge in [-0.25, -0.2) is 0 Å². The van der Waals surface area contributed by atoms with E-state index in [1.165, 1.54) is 0 Å². The van der Waals surface area contributed by atoms with E-state index in [0.717, 1.165) is 0 Å². The first-order valence-electron chi connectivity index (χ1n) is 0.756. The standard InChI is InChI=1S/6BrH.Ir/h6*1H;/q;;;;;;+4/p-6. The molecule has 0 aliphatic carbocycles. The van der Waals surface area contributed by atoms with Gasteiger partial charge in [-0.05, 0) is 0 Å². The van der Waals surface area contributed by atoms with Crippen LogP contribution in [0.4, 0.5) is 0 Å². The molecule has 0 rings (SSSR count). The van der Waals surface area contributed by atoms with Crippen LogP contribution in [0, 0.1) is 0 Å². The molecule has 0 aromatic heterocycles. The zero-order valence-corrected chi connectivity index (χ0v) is 14.5. The quantitative estimate of drug-likeness (QED) is 0.338. The summed E-state index contributed by atoms with van der Waals surface area (Å²) < 4.78 is -3.29. The van der Waals surface area contributed by atoms with Crippen molar-refractivity contribution in [3.05, 3.63) is 0 Å². The summed E-state index contributed by atoms with van der Waals surface area (Å²) in [5.41, 5.74) is 0. The third-order valence-electron chi connectivity index (χ3n) is 0. The first-order valence-corrected chi connectivity index (χ1v) is 32.2. The minimum absolute atomic E-state index is 3.29. The van der Waals surface area contributed by atoms with E-state index in [2.05, 4.69) is 81.0 Å². The van der Waals surface area contributed by atoms with Crippen molar-refractivity contribution in [1.82, 2.24) is 0 Å². The van der Waals surface area contributed by atoms with Crippen molar-refractivity contribution >= 4 is 81.0 Å². The van der Waals surface area contributed by atoms with Crippen LogP contribution >= 0.6 is 81.0 Å². The van der Waals surface area contributed by atoms with Crippen LogP contribution < -0.4 is 0 Å². The van der Waals surface area contributed by atoms with Crippen LogP contribution in [0.2, 0.25) is 0 Å². The predicted molar refractivity (Wildman–Crippen MR) is 53.6 cm³/mol. The molecule has 0 unspecified atom stereocenters. The molecule has 0 saturated carbocycles. The normalized spacial score (nSPS) is 23.1. The molecule has 0 saturated heterocycles. The molecule has 0 nitrogen and oxygen atoms in total. The van der Waals surface area contributed by atoms with Crippen molar-refractivity contribution in [3.63, 3.8) is 0 Å². The monoisotopic (exact) mass is 666 g/mol. The number of rotatable bonds is 0. The second-order valence-corrected chi connectivity index (χ2v) is 158. The van der Waals surface area contributed by atoms with Crippen molar-refractivity contribution < 1.29 is 0.881 Å². The Balaban J connectivity index is 4.43. The Kier molecular flexibility index (Phi) is 3.04. The van der Waals surface area contributed by atoms with Crippen LogP contribution in [0.25, 0.3) is 0 Å². The second-order valence-electron chi connectivity index (χ2n) is 0.714. The van der Waals surface area contributed by atoms with E-state index in [0.29, 0.717) is 0 Å². The Morgan fingerprint density at radius 2 is 0.571 bits per heavy atom. The summed E-state index contributed by atoms with van der Waals surface area (Å²) in [5, 5.41) is 0. The van der Waals surface area contributed by atoms with Crippen LogP contribution in [-0.2, 0) is 0.881 Å². The molecule has 7 heteroatoms. The molecule has 0 radical (unpaired) electrons. The Morgan fingerprint density at radius 1 is 0.571 bits per heavy atom. The van der Waals surface area contributed by atoms with Gasteiger partial charge in [0.25, 0.3) is 0 Å². The van der Waals surface area contributed by atoms with Crippen molar-refractivity contribution in [1.29, 1.82) is 0 Å². The van der Waals surface area contributed by atoms with Gasteiger partial charge in [0.1, 0.15) is 0 Å². The summed E-state index contributed by atoms with van der Waals surface area (Å²) in [7, 11) is 0. The Labute approximate surface area is 79.8 Å². The van der Waals surface area contributed by atoms with Crippen molar-refractivity contribution in [3.8, 4) is 0 Å². The molecule has 0 fully saturated rings. The van der Waals surface area contributed by atoms with E-state index < -0.39 is 0.881 Å². The number of hydrogen-bond acceptors (Lipinski definition) is 0. The predicted octanol–water partition coefficient (Wildman–Crippen LogP) is 5.07. The third kappa shape index (κ3) is 43.4. The maximum atomic E-state index is 3.35. The van der Waals surface area contributed by atoms with E-state index >= 15 is 0 Å². The summed E-state index contributed by atoms with van der Waals surface area (Å²) in [6.45, 7) is 0. The Hall–Kier alpha value is 3.53. The Bertz CT molecular complexity index is 62.7. The molecule has 0 aromatic carbocycles. The molecule has 0 N–H and O–H groups in total. The number of halogens is 6. The van der Waals surface area contributed by atoms with E-state index in [1.54, 1.807) is 0 Å². The van der Waals surface area contributed by atoms with Gasteiger partial charge in [-0.3, -0.25) is 0 Å². The van der Waals surface area contributed by atoms with Crippen LogP contribution in [0.5, 0.6) is 0 Å². The van der Waals surface area contributed by atoms with Crippen LogP contribution in [0.3, 0.4) is 0 Å². The molecule has 0 aromatic rings. The van der Waals surface area contributed by atoms with Gasteiger partial charge in [-0.15, -0.1) is 0 Å². The van der Waals surface area contributed by atoms with Crippen molar-refractivity contribution in [2.75, 3.05) is 0 Å². The van der Waals surface area contributed by atoms with Gasteiger partial charge in [-0.1, -0.05) is 0 Å². The molecule has 0 bridgehead atoms. The number of hydrogen-bond donors (Lipinski definition) is 0. The van der Waals surface area contributed by atoms with Gasteiger partial charge < -0.3 is 0 Å². The van der Waals surface area contributed by atoms with Crippen LogP contribution in [-0.4, -0.2) is 0 Å². The fraction of sp³-hybridized carbons (Fsp3) is 0. The minimum atomic E-state index is -3.29. The van der Waals surface area contributed by atoms with Crippen molar-refractivity contribution in [2.24, 2.45) is 0 Å². The maximum absolute atomic E-state index is 3.35. The summed E-state index contributed by atoms with van der Waals surface area (Å²) in [4.78, 5) is 0. The van der Waals surface area contributed by atoms with Gasteiger partial charge in [0, 0.05) is 0 Å². The fourth-order valence-electron chi connectivity index (χ4n) is 0. The zero-order valence-electron chi connectivity index (χ0n) is 2.60. The van der Waals surface area contributed by atoms with E-state index in [9.17, 15) is 0 Å². The van der Waals surface area contributed by atoms with E-state index in [1.807, 2.05) is 0 Å². The van der Waals surface area contributed by atoms with Gasteiger partial charge in [0.2, 0.25) is 0 Å². The molecule has 0 aliphatic heterocycles. The topological polar surface area (TPSA) is 0 Å². The molecule has 0 amide bonds. The second kappa shape index (κ2) is 2.02. The molecule has 7 heavy (non-hydrogen) atoms. The van der Waals surface area contributed by atoms with E-state index in [4.69, 9.17) is 0 Å². The Morgan fingerprint density at radius 3 is 0.571 bits per heavy atom. The molecule has 0 heterocycles. The summed E-state index contributed by atoms with van der Waals surface area (Å²) >= 11 is 20.1. The molecule has 53 valence electrons. The van der Waals surface area contributed by atoms with Gasteiger partial charge in [0.15, 0.2) is 0 Å². The van der Waals surface area contributed by atoms with Crippen molar-refractivity contribution in [2.45, 2.75) is 0 Å². The zero-order chi connectivity index (χ0) is 6.41. The van der Waals surface area contributed by atoms with E-state index in [-0.39, 0.29) is 0 Å². The first-order chi connectivity index (χ1) is 2.45. The van der Waals surface area contributed by atoms with Gasteiger partial charge in [0.05, 0.1) is 0 Å². The molecular weight excluding hydrogens is 672 g/mol. The third-order valence-corrected chi connectivity index (χ3v) is 0. The summed E-state index contributed by atoms with van der Waals surface area (Å²) in [6.07, 6.45) is 0. The molecule has 0 spiro atoms. The summed E-state index contributed by atoms with van der Waals surface area (Å²) in [5.74, 6) is 0. The van der Waals surface area contributed by atoms with Gasteiger partial charge >= 0.3 is 81.8 Å². The summed E-state index contributed by atoms with van der Waals surface area (Å²) in [6, 6.07) is 0. The molecule has 0 atom stereocenters. The fourth-order valence-corrected chi connectivity index (χ4v) is 0. The average molecular weight is 672 g/mol. The molecule has 0 aliphatic rings. The average Bonchev–Trinajstić information content (AvgIpc) is 0.592. The first kappa shape index (κ1) is 10.5.